The number of hydrogen-bond donors (Lipinski definition) is 2. The van der Waals surface area contributed by atoms with Crippen molar-refractivity contribution in [2.75, 3.05) is 13.4 Å². The molecule has 3 aromatic rings. The van der Waals surface area contributed by atoms with Crippen LogP contribution in [0.4, 0.5) is 0 Å². The van der Waals surface area contributed by atoms with Crippen molar-refractivity contribution in [2.45, 2.75) is 19.4 Å². The van der Waals surface area contributed by atoms with Crippen molar-refractivity contribution in [3.63, 3.8) is 0 Å². The van der Waals surface area contributed by atoms with Crippen molar-refractivity contribution in [2.24, 2.45) is 0 Å². The average molecular weight is 381 g/mol. The van der Waals surface area contributed by atoms with E-state index in [1.54, 1.807) is 36.4 Å². The van der Waals surface area contributed by atoms with Gasteiger partial charge in [-0.2, -0.15) is 5.10 Å². The zero-order valence-corrected chi connectivity index (χ0v) is 15.2. The molecule has 0 radical (unpaired) electrons. The minimum Gasteiger partial charge on any atom is -0.492 e. The van der Waals surface area contributed by atoms with Crippen LogP contribution in [0.3, 0.4) is 0 Å². The molecule has 2 N–H and O–H groups in total. The third-order valence-electron chi connectivity index (χ3n) is 4.32. The fourth-order valence-corrected chi connectivity index (χ4v) is 2.98. The van der Waals surface area contributed by atoms with Gasteiger partial charge in [-0.05, 0) is 25.1 Å². The van der Waals surface area contributed by atoms with Crippen molar-refractivity contribution in [1.29, 1.82) is 0 Å². The molecule has 1 aromatic heterocycles. The number of aromatic hydroxyl groups is 1. The Kier molecular flexibility index (Phi) is 4.84. The summed E-state index contributed by atoms with van der Waals surface area (Å²) < 4.78 is 16.3. The van der Waals surface area contributed by atoms with Crippen LogP contribution in [0.15, 0.2) is 42.5 Å². The summed E-state index contributed by atoms with van der Waals surface area (Å²) in [6.45, 7) is 2.36. The Bertz CT molecular complexity index is 1020. The van der Waals surface area contributed by atoms with E-state index < -0.39 is 0 Å². The highest BCUT2D eigenvalue weighted by Crippen LogP contribution is 2.35. The lowest BCUT2D eigenvalue weighted by molar-refractivity contribution is -0.121. The molecule has 0 spiro atoms. The topological polar surface area (TPSA) is 103 Å². The lowest BCUT2D eigenvalue weighted by Gasteiger charge is -2.15. The second-order valence-electron chi connectivity index (χ2n) is 6.49. The van der Waals surface area contributed by atoms with Gasteiger partial charge in [0, 0.05) is 16.8 Å². The maximum atomic E-state index is 12.4. The molecule has 0 bridgehead atoms. The van der Waals surface area contributed by atoms with Crippen molar-refractivity contribution in [1.82, 2.24) is 15.5 Å². The van der Waals surface area contributed by atoms with Crippen LogP contribution in [0.1, 0.15) is 12.6 Å². The SMILES string of the molecule is CC(COc1ccc2c(c1)OCO2)NC(=O)Cc1nnc(O)c2ccccc12. The molecule has 1 amide bonds. The maximum absolute atomic E-state index is 12.4. The van der Waals surface area contributed by atoms with Crippen molar-refractivity contribution in [3.8, 4) is 23.1 Å². The van der Waals surface area contributed by atoms with Gasteiger partial charge in [-0.3, -0.25) is 4.79 Å². The lowest BCUT2D eigenvalue weighted by Crippen LogP contribution is -2.37. The Morgan fingerprint density at radius 2 is 1.96 bits per heavy atom. The van der Waals surface area contributed by atoms with Crippen LogP contribution in [-0.4, -0.2) is 40.7 Å². The highest BCUT2D eigenvalue weighted by Gasteiger charge is 2.16. The molecule has 28 heavy (non-hydrogen) atoms. The molecular weight excluding hydrogens is 362 g/mol. The van der Waals surface area contributed by atoms with Crippen LogP contribution < -0.4 is 19.5 Å². The highest BCUT2D eigenvalue weighted by atomic mass is 16.7. The molecule has 0 saturated carbocycles. The number of fused-ring (bicyclic) bond motifs is 2. The van der Waals surface area contributed by atoms with Crippen LogP contribution in [0, 0.1) is 0 Å². The first-order valence-electron chi connectivity index (χ1n) is 8.85. The van der Waals surface area contributed by atoms with Gasteiger partial charge in [0.05, 0.1) is 18.2 Å². The molecule has 1 aliphatic heterocycles. The van der Waals surface area contributed by atoms with Gasteiger partial charge in [0.25, 0.3) is 0 Å². The van der Waals surface area contributed by atoms with Gasteiger partial charge in [0.2, 0.25) is 18.6 Å². The first kappa shape index (κ1) is 17.8. The van der Waals surface area contributed by atoms with Gasteiger partial charge in [-0.15, -0.1) is 5.10 Å². The summed E-state index contributed by atoms with van der Waals surface area (Å²) >= 11 is 0. The number of aromatic nitrogens is 2. The smallest absolute Gasteiger partial charge is 0.238 e. The molecule has 2 heterocycles. The molecule has 1 aliphatic rings. The van der Waals surface area contributed by atoms with E-state index in [0.29, 0.717) is 40.3 Å². The number of nitrogens with one attached hydrogen (secondary N) is 1. The molecule has 144 valence electrons. The molecule has 2 aromatic carbocycles. The number of ether oxygens (including phenoxy) is 3. The fraction of sp³-hybridized carbons (Fsp3) is 0.250. The fourth-order valence-electron chi connectivity index (χ4n) is 2.98. The average Bonchev–Trinajstić information content (AvgIpc) is 3.16. The number of amides is 1. The molecule has 1 unspecified atom stereocenters. The molecule has 4 rings (SSSR count). The van der Waals surface area contributed by atoms with Gasteiger partial charge in [-0.25, -0.2) is 0 Å². The van der Waals surface area contributed by atoms with Crippen molar-refractivity contribution < 1.29 is 24.1 Å². The standard InChI is InChI=1S/C20H19N3O5/c1-12(10-26-13-6-7-17-18(8-13)28-11-27-17)21-19(24)9-16-14-4-2-3-5-15(14)20(25)23-22-16/h2-8,12H,9-11H2,1H3,(H,21,24)(H,23,25). The summed E-state index contributed by atoms with van der Waals surface area (Å²) in [5.74, 6) is 1.63. The quantitative estimate of drug-likeness (QED) is 0.675. The van der Waals surface area contributed by atoms with Gasteiger partial charge in [0.1, 0.15) is 12.4 Å². The Morgan fingerprint density at radius 3 is 2.82 bits per heavy atom. The summed E-state index contributed by atoms with van der Waals surface area (Å²) in [6, 6.07) is 12.3. The molecule has 0 saturated heterocycles. The molecular formula is C20H19N3O5. The summed E-state index contributed by atoms with van der Waals surface area (Å²) in [7, 11) is 0. The van der Waals surface area contributed by atoms with Gasteiger partial charge in [0.15, 0.2) is 11.5 Å². The Morgan fingerprint density at radius 1 is 1.18 bits per heavy atom. The maximum Gasteiger partial charge on any atom is 0.238 e. The van der Waals surface area contributed by atoms with Crippen LogP contribution in [0.25, 0.3) is 10.8 Å². The Hall–Kier alpha value is -3.55. The monoisotopic (exact) mass is 381 g/mol. The zero-order valence-electron chi connectivity index (χ0n) is 15.2. The van der Waals surface area contributed by atoms with Crippen LogP contribution >= 0.6 is 0 Å². The number of carbonyl (C=O) groups excluding carboxylic acids is 1. The Balaban J connectivity index is 1.34. The van der Waals surface area contributed by atoms with Crippen LogP contribution in [0.2, 0.25) is 0 Å². The number of nitrogens with zero attached hydrogens (tertiary/aromatic N) is 2. The number of carbonyl (C=O) groups is 1. The minimum atomic E-state index is -0.214. The van der Waals surface area contributed by atoms with E-state index in [2.05, 4.69) is 15.5 Å². The Labute approximate surface area is 161 Å². The summed E-state index contributed by atoms with van der Waals surface area (Å²) in [6.07, 6.45) is 0.0577. The summed E-state index contributed by atoms with van der Waals surface area (Å²) in [5.41, 5.74) is 0.509. The van der Waals surface area contributed by atoms with Gasteiger partial charge < -0.3 is 24.6 Å². The van der Waals surface area contributed by atoms with E-state index in [0.717, 1.165) is 0 Å². The van der Waals surface area contributed by atoms with E-state index in [9.17, 15) is 9.90 Å². The second kappa shape index (κ2) is 7.59. The van der Waals surface area contributed by atoms with Crippen molar-refractivity contribution in [3.05, 3.63) is 48.2 Å². The number of benzene rings is 2. The highest BCUT2D eigenvalue weighted by molar-refractivity contribution is 5.91. The number of hydrogen-bond acceptors (Lipinski definition) is 7. The lowest BCUT2D eigenvalue weighted by atomic mass is 10.1. The largest absolute Gasteiger partial charge is 0.492 e. The third kappa shape index (κ3) is 3.75. The molecule has 8 nitrogen and oxygen atoms in total. The molecule has 8 heteroatoms. The van der Waals surface area contributed by atoms with Gasteiger partial charge in [-0.1, -0.05) is 18.2 Å². The molecule has 0 fully saturated rings. The van der Waals surface area contributed by atoms with Gasteiger partial charge >= 0.3 is 0 Å². The normalized spacial score (nSPS) is 13.3. The van der Waals surface area contributed by atoms with E-state index in [1.807, 2.05) is 13.0 Å². The van der Waals surface area contributed by atoms with E-state index in [4.69, 9.17) is 14.2 Å². The first-order chi connectivity index (χ1) is 13.6. The van der Waals surface area contributed by atoms with Crippen LogP contribution in [0.5, 0.6) is 23.1 Å². The summed E-state index contributed by atoms with van der Waals surface area (Å²) in [5, 5.41) is 21.6. The van der Waals surface area contributed by atoms with E-state index in [-0.39, 0.29) is 31.0 Å². The van der Waals surface area contributed by atoms with Crippen LogP contribution in [-0.2, 0) is 11.2 Å². The van der Waals surface area contributed by atoms with E-state index >= 15 is 0 Å². The molecule has 0 aliphatic carbocycles. The van der Waals surface area contributed by atoms with Crippen molar-refractivity contribution >= 4 is 16.7 Å². The third-order valence-corrected chi connectivity index (χ3v) is 4.32. The predicted octanol–water partition coefficient (Wildman–Crippen LogP) is 2.19. The number of rotatable bonds is 6. The first-order valence-corrected chi connectivity index (χ1v) is 8.85. The second-order valence-corrected chi connectivity index (χ2v) is 6.49. The predicted molar refractivity (Wildman–Crippen MR) is 101 cm³/mol. The molecule has 1 atom stereocenters. The zero-order chi connectivity index (χ0) is 19.5. The summed E-state index contributed by atoms with van der Waals surface area (Å²) in [4.78, 5) is 12.4. The van der Waals surface area contributed by atoms with E-state index in [1.165, 1.54) is 0 Å². The minimum absolute atomic E-state index is 0.0577.